The van der Waals surface area contributed by atoms with Gasteiger partial charge in [-0.05, 0) is 40.7 Å². The average Bonchev–Trinajstić information content (AvgIpc) is 2.66. The largest absolute Gasteiger partial charge is 0.308 e. The SMILES string of the molecule is CNC(c1ccc(Cl)c(Br)c1)c1c(Cl)cnn1C. The van der Waals surface area contributed by atoms with E-state index in [-0.39, 0.29) is 6.04 Å². The minimum atomic E-state index is -0.0291. The monoisotopic (exact) mass is 347 g/mol. The number of nitrogens with one attached hydrogen (secondary N) is 1. The van der Waals surface area contributed by atoms with E-state index in [2.05, 4.69) is 26.3 Å². The first-order chi connectivity index (χ1) is 8.54. The molecule has 18 heavy (non-hydrogen) atoms. The maximum absolute atomic E-state index is 6.18. The van der Waals surface area contributed by atoms with Crippen molar-refractivity contribution < 1.29 is 0 Å². The second-order valence-corrected chi connectivity index (χ2v) is 5.57. The lowest BCUT2D eigenvalue weighted by molar-refractivity contribution is 0.606. The lowest BCUT2D eigenvalue weighted by Crippen LogP contribution is -2.21. The van der Waals surface area contributed by atoms with E-state index in [1.807, 2.05) is 32.3 Å². The van der Waals surface area contributed by atoms with Gasteiger partial charge in [0.25, 0.3) is 0 Å². The van der Waals surface area contributed by atoms with Crippen molar-refractivity contribution in [3.63, 3.8) is 0 Å². The summed E-state index contributed by atoms with van der Waals surface area (Å²) in [6.45, 7) is 0. The molecule has 0 aliphatic carbocycles. The average molecular weight is 349 g/mol. The van der Waals surface area contributed by atoms with Crippen LogP contribution in [0.2, 0.25) is 10.0 Å². The first kappa shape index (κ1) is 13.9. The van der Waals surface area contributed by atoms with Gasteiger partial charge in [-0.15, -0.1) is 0 Å². The molecule has 1 N–H and O–H groups in total. The van der Waals surface area contributed by atoms with Crippen LogP contribution in [0, 0.1) is 0 Å². The van der Waals surface area contributed by atoms with Crippen molar-refractivity contribution in [2.45, 2.75) is 6.04 Å². The molecule has 1 aromatic carbocycles. The Morgan fingerprint density at radius 2 is 2.06 bits per heavy atom. The fourth-order valence-electron chi connectivity index (χ4n) is 1.90. The van der Waals surface area contributed by atoms with Crippen LogP contribution in [-0.2, 0) is 7.05 Å². The molecule has 1 unspecified atom stereocenters. The predicted octanol–water partition coefficient (Wildman–Crippen LogP) is 3.80. The van der Waals surface area contributed by atoms with Crippen LogP contribution in [0.25, 0.3) is 0 Å². The lowest BCUT2D eigenvalue weighted by Gasteiger charge is -2.18. The molecule has 2 rings (SSSR count). The number of hydrogen-bond donors (Lipinski definition) is 1. The standard InChI is InChI=1S/C12H12BrCl2N3/c1-16-11(12-10(15)6-17-18(12)2)7-3-4-9(14)8(13)5-7/h3-6,11,16H,1-2H3. The number of halogens is 3. The smallest absolute Gasteiger partial charge is 0.0837 e. The summed E-state index contributed by atoms with van der Waals surface area (Å²) < 4.78 is 2.63. The van der Waals surface area contributed by atoms with E-state index >= 15 is 0 Å². The Balaban J connectivity index is 2.48. The fourth-order valence-corrected chi connectivity index (χ4v) is 2.69. The molecule has 6 heteroatoms. The Morgan fingerprint density at radius 3 is 2.56 bits per heavy atom. The summed E-state index contributed by atoms with van der Waals surface area (Å²) in [4.78, 5) is 0. The Labute approximate surface area is 124 Å². The van der Waals surface area contributed by atoms with Crippen LogP contribution >= 0.6 is 39.1 Å². The molecule has 0 spiro atoms. The van der Waals surface area contributed by atoms with Crippen molar-refractivity contribution in [1.82, 2.24) is 15.1 Å². The number of aromatic nitrogens is 2. The van der Waals surface area contributed by atoms with E-state index in [9.17, 15) is 0 Å². The van der Waals surface area contributed by atoms with Crippen LogP contribution in [0.15, 0.2) is 28.9 Å². The highest BCUT2D eigenvalue weighted by atomic mass is 79.9. The molecular weight excluding hydrogens is 337 g/mol. The quantitative estimate of drug-likeness (QED) is 0.914. The number of aryl methyl sites for hydroxylation is 1. The second-order valence-electron chi connectivity index (χ2n) is 3.90. The molecule has 0 radical (unpaired) electrons. The fraction of sp³-hybridized carbons (Fsp3) is 0.250. The van der Waals surface area contributed by atoms with Gasteiger partial charge in [0.15, 0.2) is 0 Å². The van der Waals surface area contributed by atoms with Crippen molar-refractivity contribution in [2.24, 2.45) is 7.05 Å². The minimum absolute atomic E-state index is 0.0291. The van der Waals surface area contributed by atoms with Gasteiger partial charge < -0.3 is 5.32 Å². The van der Waals surface area contributed by atoms with E-state index in [4.69, 9.17) is 23.2 Å². The van der Waals surface area contributed by atoms with Crippen molar-refractivity contribution in [3.8, 4) is 0 Å². The van der Waals surface area contributed by atoms with Crippen molar-refractivity contribution in [1.29, 1.82) is 0 Å². The van der Waals surface area contributed by atoms with Gasteiger partial charge in [-0.3, -0.25) is 4.68 Å². The Kier molecular flexibility index (Phi) is 4.33. The number of benzene rings is 1. The Hall–Kier alpha value is -0.550. The highest BCUT2D eigenvalue weighted by molar-refractivity contribution is 9.10. The van der Waals surface area contributed by atoms with Crippen molar-refractivity contribution in [2.75, 3.05) is 7.05 Å². The van der Waals surface area contributed by atoms with E-state index in [1.54, 1.807) is 10.9 Å². The first-order valence-electron chi connectivity index (χ1n) is 5.34. The van der Waals surface area contributed by atoms with Crippen molar-refractivity contribution >= 4 is 39.1 Å². The summed E-state index contributed by atoms with van der Waals surface area (Å²) in [6.07, 6.45) is 1.65. The first-order valence-corrected chi connectivity index (χ1v) is 6.89. The van der Waals surface area contributed by atoms with E-state index in [0.717, 1.165) is 15.7 Å². The summed E-state index contributed by atoms with van der Waals surface area (Å²) in [5.74, 6) is 0. The molecule has 0 bridgehead atoms. The van der Waals surface area contributed by atoms with Crippen LogP contribution in [0.4, 0.5) is 0 Å². The molecule has 1 heterocycles. The van der Waals surface area contributed by atoms with E-state index in [1.165, 1.54) is 0 Å². The molecule has 0 fully saturated rings. The van der Waals surface area contributed by atoms with Crippen LogP contribution in [0.3, 0.4) is 0 Å². The van der Waals surface area contributed by atoms with Crippen LogP contribution in [0.1, 0.15) is 17.3 Å². The Morgan fingerprint density at radius 1 is 1.33 bits per heavy atom. The van der Waals surface area contributed by atoms with E-state index in [0.29, 0.717) is 10.0 Å². The van der Waals surface area contributed by atoms with Gasteiger partial charge in [-0.2, -0.15) is 5.10 Å². The van der Waals surface area contributed by atoms with Gasteiger partial charge in [0.1, 0.15) is 0 Å². The molecule has 0 aliphatic heterocycles. The van der Waals surface area contributed by atoms with Crippen LogP contribution in [0.5, 0.6) is 0 Å². The molecule has 0 amide bonds. The van der Waals surface area contributed by atoms with Gasteiger partial charge in [-0.1, -0.05) is 29.3 Å². The van der Waals surface area contributed by atoms with Crippen molar-refractivity contribution in [3.05, 3.63) is 50.2 Å². The zero-order valence-corrected chi connectivity index (χ0v) is 13.0. The number of rotatable bonds is 3. The third-order valence-corrected chi connectivity index (χ3v) is 4.28. The van der Waals surface area contributed by atoms with Gasteiger partial charge in [-0.25, -0.2) is 0 Å². The van der Waals surface area contributed by atoms with Gasteiger partial charge in [0.2, 0.25) is 0 Å². The molecule has 1 atom stereocenters. The summed E-state index contributed by atoms with van der Waals surface area (Å²) in [7, 11) is 3.76. The van der Waals surface area contributed by atoms with Crippen LogP contribution < -0.4 is 5.32 Å². The summed E-state index contributed by atoms with van der Waals surface area (Å²) in [5, 5.41) is 8.72. The molecule has 1 aromatic heterocycles. The summed E-state index contributed by atoms with van der Waals surface area (Å²) in [5.41, 5.74) is 1.99. The maximum atomic E-state index is 6.18. The molecular formula is C12H12BrCl2N3. The second kappa shape index (κ2) is 5.61. The summed E-state index contributed by atoms with van der Waals surface area (Å²) >= 11 is 15.6. The third-order valence-electron chi connectivity index (χ3n) is 2.78. The summed E-state index contributed by atoms with van der Waals surface area (Å²) in [6, 6.07) is 5.78. The molecule has 2 aromatic rings. The zero-order valence-electron chi connectivity index (χ0n) is 9.92. The van der Waals surface area contributed by atoms with E-state index < -0.39 is 0 Å². The highest BCUT2D eigenvalue weighted by Crippen LogP contribution is 2.31. The number of nitrogens with zero attached hydrogens (tertiary/aromatic N) is 2. The predicted molar refractivity (Wildman–Crippen MR) is 78.3 cm³/mol. The molecule has 96 valence electrons. The normalized spacial score (nSPS) is 12.7. The molecule has 3 nitrogen and oxygen atoms in total. The lowest BCUT2D eigenvalue weighted by atomic mass is 10.0. The van der Waals surface area contributed by atoms with Crippen LogP contribution in [-0.4, -0.2) is 16.8 Å². The molecule has 0 saturated carbocycles. The highest BCUT2D eigenvalue weighted by Gasteiger charge is 2.19. The van der Waals surface area contributed by atoms with Gasteiger partial charge in [0, 0.05) is 11.5 Å². The maximum Gasteiger partial charge on any atom is 0.0837 e. The van der Waals surface area contributed by atoms with Gasteiger partial charge in [0.05, 0.1) is 28.0 Å². The number of hydrogen-bond acceptors (Lipinski definition) is 2. The molecule has 0 saturated heterocycles. The third kappa shape index (κ3) is 2.57. The minimum Gasteiger partial charge on any atom is -0.308 e. The van der Waals surface area contributed by atoms with Gasteiger partial charge >= 0.3 is 0 Å². The molecule has 0 aliphatic rings. The Bertz CT molecular complexity index is 549. The topological polar surface area (TPSA) is 29.9 Å². The zero-order chi connectivity index (χ0) is 13.3.